The number of carbonyl (C=O) groups is 1. The molecule has 1 saturated heterocycles. The number of nitrogens with one attached hydrogen (secondary N) is 1. The lowest BCUT2D eigenvalue weighted by atomic mass is 9.91. The molecular formula is C16H21FN2O2. The lowest BCUT2D eigenvalue weighted by molar-refractivity contribution is -0.137. The molecule has 2 aliphatic rings. The predicted molar refractivity (Wildman–Crippen MR) is 77.6 cm³/mol. The van der Waals surface area contributed by atoms with Gasteiger partial charge in [-0.2, -0.15) is 0 Å². The van der Waals surface area contributed by atoms with E-state index < -0.39 is 5.54 Å². The first-order valence-corrected chi connectivity index (χ1v) is 7.51. The highest BCUT2D eigenvalue weighted by Gasteiger charge is 2.47. The van der Waals surface area contributed by atoms with E-state index in [-0.39, 0.29) is 11.7 Å². The predicted octanol–water partition coefficient (Wildman–Crippen LogP) is 2.08. The van der Waals surface area contributed by atoms with Gasteiger partial charge in [0.2, 0.25) is 5.91 Å². The van der Waals surface area contributed by atoms with Crippen LogP contribution in [-0.2, 0) is 11.3 Å². The van der Waals surface area contributed by atoms with Crippen LogP contribution in [0.2, 0.25) is 0 Å². The molecule has 1 aromatic rings. The van der Waals surface area contributed by atoms with Crippen molar-refractivity contribution in [2.24, 2.45) is 0 Å². The summed E-state index contributed by atoms with van der Waals surface area (Å²) >= 11 is 0. The van der Waals surface area contributed by atoms with Crippen molar-refractivity contribution in [1.29, 1.82) is 0 Å². The van der Waals surface area contributed by atoms with Crippen LogP contribution in [0.25, 0.3) is 0 Å². The van der Waals surface area contributed by atoms with Crippen LogP contribution in [-0.4, -0.2) is 36.5 Å². The van der Waals surface area contributed by atoms with Gasteiger partial charge >= 0.3 is 0 Å². The lowest BCUT2D eigenvalue weighted by Gasteiger charge is -2.43. The minimum absolute atomic E-state index is 0.111. The van der Waals surface area contributed by atoms with Crippen LogP contribution in [0.4, 0.5) is 4.39 Å². The molecule has 4 nitrogen and oxygen atoms in total. The number of rotatable bonds is 3. The zero-order valence-corrected chi connectivity index (χ0v) is 12.3. The van der Waals surface area contributed by atoms with Crippen LogP contribution in [0, 0.1) is 5.82 Å². The van der Waals surface area contributed by atoms with E-state index in [9.17, 15) is 9.18 Å². The second-order valence-electron chi connectivity index (χ2n) is 5.87. The molecule has 21 heavy (non-hydrogen) atoms. The molecule has 1 amide bonds. The maximum absolute atomic E-state index is 14.2. The Morgan fingerprint density at radius 2 is 2.14 bits per heavy atom. The van der Waals surface area contributed by atoms with Gasteiger partial charge in [0.05, 0.1) is 7.11 Å². The molecule has 5 heteroatoms. The van der Waals surface area contributed by atoms with E-state index in [1.54, 1.807) is 12.1 Å². The van der Waals surface area contributed by atoms with Gasteiger partial charge in [-0.25, -0.2) is 4.39 Å². The van der Waals surface area contributed by atoms with Gasteiger partial charge in [-0.1, -0.05) is 18.9 Å². The summed E-state index contributed by atoms with van der Waals surface area (Å²) < 4.78 is 19.2. The second kappa shape index (κ2) is 5.64. The molecule has 2 fully saturated rings. The van der Waals surface area contributed by atoms with Gasteiger partial charge in [-0.15, -0.1) is 0 Å². The van der Waals surface area contributed by atoms with Gasteiger partial charge in [-0.05, 0) is 18.9 Å². The van der Waals surface area contributed by atoms with Crippen molar-refractivity contribution in [1.82, 2.24) is 10.2 Å². The van der Waals surface area contributed by atoms with Gasteiger partial charge in [0.1, 0.15) is 17.1 Å². The van der Waals surface area contributed by atoms with Crippen molar-refractivity contribution in [3.8, 4) is 5.75 Å². The number of hydrogen-bond acceptors (Lipinski definition) is 3. The Balaban J connectivity index is 1.84. The Labute approximate surface area is 124 Å². The zero-order chi connectivity index (χ0) is 14.9. The topological polar surface area (TPSA) is 41.6 Å². The van der Waals surface area contributed by atoms with E-state index in [0.29, 0.717) is 24.4 Å². The molecule has 1 spiro atoms. The third-order valence-corrected chi connectivity index (χ3v) is 4.75. The summed E-state index contributed by atoms with van der Waals surface area (Å²) in [5.74, 6) is 0.358. The summed E-state index contributed by atoms with van der Waals surface area (Å²) in [5.41, 5.74) is 0.196. The number of carbonyl (C=O) groups excluding carboxylic acids is 1. The Hall–Kier alpha value is -1.62. The quantitative estimate of drug-likeness (QED) is 0.927. The molecule has 1 aliphatic heterocycles. The maximum atomic E-state index is 14.2. The molecule has 1 N–H and O–H groups in total. The van der Waals surface area contributed by atoms with Crippen LogP contribution in [0.15, 0.2) is 18.2 Å². The van der Waals surface area contributed by atoms with Gasteiger partial charge in [0.15, 0.2) is 0 Å². The van der Waals surface area contributed by atoms with E-state index >= 15 is 0 Å². The Kier molecular flexibility index (Phi) is 3.85. The number of piperazine rings is 1. The van der Waals surface area contributed by atoms with E-state index in [1.165, 1.54) is 13.2 Å². The van der Waals surface area contributed by atoms with E-state index in [1.807, 2.05) is 0 Å². The number of hydrogen-bond donors (Lipinski definition) is 1. The van der Waals surface area contributed by atoms with E-state index in [4.69, 9.17) is 4.74 Å². The molecule has 1 saturated carbocycles. The summed E-state index contributed by atoms with van der Waals surface area (Å²) in [6.07, 6.45) is 3.87. The number of benzene rings is 1. The largest absolute Gasteiger partial charge is 0.497 e. The number of ether oxygens (including phenoxy) is 1. The summed E-state index contributed by atoms with van der Waals surface area (Å²) in [6.45, 7) is 1.89. The molecule has 0 radical (unpaired) electrons. The number of halogens is 1. The molecule has 0 atom stereocenters. The first-order valence-electron chi connectivity index (χ1n) is 7.51. The fraction of sp³-hybridized carbons (Fsp3) is 0.562. The van der Waals surface area contributed by atoms with E-state index in [0.717, 1.165) is 32.2 Å². The highest BCUT2D eigenvalue weighted by molar-refractivity contribution is 5.87. The fourth-order valence-electron chi connectivity index (χ4n) is 3.55. The highest BCUT2D eigenvalue weighted by atomic mass is 19.1. The third kappa shape index (κ3) is 2.50. The van der Waals surface area contributed by atoms with Crippen molar-refractivity contribution >= 4 is 5.91 Å². The van der Waals surface area contributed by atoms with E-state index in [2.05, 4.69) is 10.2 Å². The first kappa shape index (κ1) is 14.3. The number of methoxy groups -OCH3 is 1. The summed E-state index contributed by atoms with van der Waals surface area (Å²) in [7, 11) is 1.52. The minimum atomic E-state index is -0.426. The molecule has 3 rings (SSSR count). The lowest BCUT2D eigenvalue weighted by Crippen LogP contribution is -2.63. The molecule has 114 valence electrons. The second-order valence-corrected chi connectivity index (χ2v) is 5.87. The molecule has 1 aliphatic carbocycles. The van der Waals surface area contributed by atoms with Crippen molar-refractivity contribution in [2.45, 2.75) is 37.8 Å². The fourth-order valence-corrected chi connectivity index (χ4v) is 3.55. The maximum Gasteiger partial charge on any atom is 0.240 e. The average Bonchev–Trinajstić information content (AvgIpc) is 2.97. The van der Waals surface area contributed by atoms with Gasteiger partial charge in [0.25, 0.3) is 0 Å². The van der Waals surface area contributed by atoms with Gasteiger partial charge < -0.3 is 10.1 Å². The van der Waals surface area contributed by atoms with Crippen LogP contribution < -0.4 is 10.1 Å². The Morgan fingerprint density at radius 3 is 2.81 bits per heavy atom. The third-order valence-electron chi connectivity index (χ3n) is 4.75. The SMILES string of the molecule is COc1ccc(CN2CCNC(=O)C23CCCC3)c(F)c1. The smallest absolute Gasteiger partial charge is 0.240 e. The molecule has 0 aromatic heterocycles. The van der Waals surface area contributed by atoms with Crippen molar-refractivity contribution < 1.29 is 13.9 Å². The van der Waals surface area contributed by atoms with Crippen molar-refractivity contribution in [2.75, 3.05) is 20.2 Å². The summed E-state index contributed by atoms with van der Waals surface area (Å²) in [5, 5.41) is 2.97. The molecule has 1 aromatic carbocycles. The van der Waals surface area contributed by atoms with Crippen molar-refractivity contribution in [3.05, 3.63) is 29.6 Å². The van der Waals surface area contributed by atoms with Gasteiger partial charge in [0, 0.05) is 31.3 Å². The monoisotopic (exact) mass is 292 g/mol. The summed E-state index contributed by atoms with van der Waals surface area (Å²) in [6, 6.07) is 4.92. The Bertz CT molecular complexity index is 541. The number of amides is 1. The van der Waals surface area contributed by atoms with Crippen LogP contribution in [0.5, 0.6) is 5.75 Å². The standard InChI is InChI=1S/C16H21FN2O2/c1-21-13-5-4-12(14(17)10-13)11-19-9-8-18-15(20)16(19)6-2-3-7-16/h4-5,10H,2-3,6-9,11H2,1H3,(H,18,20). The molecular weight excluding hydrogens is 271 g/mol. The average molecular weight is 292 g/mol. The normalized spacial score (nSPS) is 21.5. The molecule has 0 unspecified atom stereocenters. The highest BCUT2D eigenvalue weighted by Crippen LogP contribution is 2.38. The first-order chi connectivity index (χ1) is 10.2. The van der Waals surface area contributed by atoms with Crippen LogP contribution in [0.1, 0.15) is 31.2 Å². The summed E-state index contributed by atoms with van der Waals surface area (Å²) in [4.78, 5) is 14.5. The molecule has 1 heterocycles. The Morgan fingerprint density at radius 1 is 1.38 bits per heavy atom. The minimum Gasteiger partial charge on any atom is -0.497 e. The zero-order valence-electron chi connectivity index (χ0n) is 12.3. The van der Waals surface area contributed by atoms with Gasteiger partial charge in [-0.3, -0.25) is 9.69 Å². The van der Waals surface area contributed by atoms with Crippen LogP contribution in [0.3, 0.4) is 0 Å². The molecule has 0 bridgehead atoms. The number of nitrogens with zero attached hydrogens (tertiary/aromatic N) is 1. The van der Waals surface area contributed by atoms with Crippen molar-refractivity contribution in [3.63, 3.8) is 0 Å². The van der Waals surface area contributed by atoms with Crippen LogP contribution >= 0.6 is 0 Å².